The van der Waals surface area contributed by atoms with E-state index in [1.165, 1.54) is 19.2 Å². The van der Waals surface area contributed by atoms with E-state index in [9.17, 15) is 14.3 Å². The third kappa shape index (κ3) is 2.62. The minimum Gasteiger partial charge on any atom is -0.509 e. The number of rotatable bonds is 3. The molecule has 6 nitrogen and oxygen atoms in total. The molecule has 0 aliphatic carbocycles. The van der Waals surface area contributed by atoms with E-state index in [4.69, 9.17) is 21.3 Å². The molecule has 8 heteroatoms. The van der Waals surface area contributed by atoms with Crippen LogP contribution in [0.5, 0.6) is 0 Å². The van der Waals surface area contributed by atoms with Crippen molar-refractivity contribution in [2.45, 2.75) is 25.3 Å². The second-order valence-corrected chi connectivity index (χ2v) is 6.61. The molecule has 2 heterocycles. The first-order valence-corrected chi connectivity index (χ1v) is 8.31. The number of aliphatic hydroxyl groups is 1. The van der Waals surface area contributed by atoms with Gasteiger partial charge < -0.3 is 9.94 Å². The smallest absolute Gasteiger partial charge is 0.282 e. The summed E-state index contributed by atoms with van der Waals surface area (Å²) in [5, 5.41) is 13.9. The van der Waals surface area contributed by atoms with Gasteiger partial charge in [-0.3, -0.25) is 9.63 Å². The molecule has 0 saturated carbocycles. The summed E-state index contributed by atoms with van der Waals surface area (Å²) in [6.45, 7) is 2.56. The van der Waals surface area contributed by atoms with Crippen LogP contribution in [0.2, 0.25) is 5.02 Å². The third-order valence-corrected chi connectivity index (χ3v) is 5.30. The van der Waals surface area contributed by atoms with Gasteiger partial charge in [0.05, 0.1) is 24.8 Å². The van der Waals surface area contributed by atoms with Crippen LogP contribution in [0.15, 0.2) is 17.9 Å². The summed E-state index contributed by atoms with van der Waals surface area (Å²) in [7, 11) is 2.92. The van der Waals surface area contributed by atoms with E-state index in [-0.39, 0.29) is 21.9 Å². The van der Waals surface area contributed by atoms with E-state index in [0.29, 0.717) is 31.5 Å². The van der Waals surface area contributed by atoms with Crippen LogP contribution >= 0.6 is 11.6 Å². The highest BCUT2D eigenvalue weighted by Crippen LogP contribution is 2.47. The predicted octanol–water partition coefficient (Wildman–Crippen LogP) is 2.86. The minimum absolute atomic E-state index is 0.0698. The number of nitrogens with zero attached hydrogens (tertiary/aromatic N) is 2. The van der Waals surface area contributed by atoms with Crippen LogP contribution in [0.4, 0.5) is 4.39 Å². The van der Waals surface area contributed by atoms with E-state index in [1.54, 1.807) is 19.1 Å². The lowest BCUT2D eigenvalue weighted by atomic mass is 9.86. The van der Waals surface area contributed by atoms with Crippen molar-refractivity contribution in [3.63, 3.8) is 0 Å². The molecule has 136 valence electrons. The summed E-state index contributed by atoms with van der Waals surface area (Å²) in [6.07, 6.45) is 0.779. The Morgan fingerprint density at radius 2 is 1.88 bits per heavy atom. The Labute approximate surface area is 150 Å². The topological polar surface area (TPSA) is 62.2 Å². The Morgan fingerprint density at radius 1 is 1.24 bits per heavy atom. The molecule has 1 aromatic rings. The molecule has 3 rings (SSSR count). The fourth-order valence-corrected chi connectivity index (χ4v) is 3.81. The molecule has 1 amide bonds. The maximum Gasteiger partial charge on any atom is 0.282 e. The molecular formula is C17H20ClFN2O4. The summed E-state index contributed by atoms with van der Waals surface area (Å²) >= 11 is 6.15. The highest BCUT2D eigenvalue weighted by Gasteiger charge is 2.55. The van der Waals surface area contributed by atoms with Crippen LogP contribution in [0.1, 0.15) is 24.0 Å². The monoisotopic (exact) mass is 370 g/mol. The second-order valence-electron chi connectivity index (χ2n) is 6.20. The van der Waals surface area contributed by atoms with E-state index >= 15 is 0 Å². The van der Waals surface area contributed by atoms with Crippen molar-refractivity contribution in [3.8, 4) is 0 Å². The van der Waals surface area contributed by atoms with Gasteiger partial charge >= 0.3 is 0 Å². The Bertz CT molecular complexity index is 744. The van der Waals surface area contributed by atoms with Gasteiger partial charge in [-0.1, -0.05) is 17.7 Å². The van der Waals surface area contributed by atoms with Crippen molar-refractivity contribution < 1.29 is 24.0 Å². The van der Waals surface area contributed by atoms with Gasteiger partial charge in [0, 0.05) is 18.7 Å². The summed E-state index contributed by atoms with van der Waals surface area (Å²) < 4.78 is 14.7. The predicted molar refractivity (Wildman–Crippen MR) is 90.1 cm³/mol. The molecule has 1 N–H and O–H groups in total. The lowest BCUT2D eigenvalue weighted by Crippen LogP contribution is -2.54. The molecule has 1 aromatic carbocycles. The van der Waals surface area contributed by atoms with Crippen molar-refractivity contribution in [1.29, 1.82) is 0 Å². The molecule has 1 fully saturated rings. The van der Waals surface area contributed by atoms with Gasteiger partial charge in [-0.2, -0.15) is 5.06 Å². The number of carbonyl (C=O) groups excluding carboxylic acids is 1. The van der Waals surface area contributed by atoms with E-state index in [1.807, 2.05) is 0 Å². The molecule has 0 bridgehead atoms. The number of amides is 1. The van der Waals surface area contributed by atoms with E-state index < -0.39 is 17.3 Å². The Hall–Kier alpha value is -1.67. The molecule has 25 heavy (non-hydrogen) atoms. The molecule has 2 aliphatic rings. The highest BCUT2D eigenvalue weighted by atomic mass is 35.5. The van der Waals surface area contributed by atoms with Crippen LogP contribution in [0.3, 0.4) is 0 Å². The SMILES string of the molecule is CON1CCC2(CC1)C(O)=C(c1c(Cl)ccc(C)c1F)C(=O)N2OC. The van der Waals surface area contributed by atoms with Crippen LogP contribution < -0.4 is 0 Å². The Morgan fingerprint density at radius 3 is 2.44 bits per heavy atom. The molecule has 0 atom stereocenters. The van der Waals surface area contributed by atoms with Crippen LogP contribution in [0.25, 0.3) is 5.57 Å². The first-order valence-electron chi connectivity index (χ1n) is 7.93. The molecule has 2 aliphatic heterocycles. The summed E-state index contributed by atoms with van der Waals surface area (Å²) in [5.74, 6) is -1.43. The number of hydrogen-bond donors (Lipinski definition) is 1. The zero-order valence-corrected chi connectivity index (χ0v) is 15.1. The van der Waals surface area contributed by atoms with Crippen molar-refractivity contribution >= 4 is 23.1 Å². The van der Waals surface area contributed by atoms with Crippen molar-refractivity contribution in [2.75, 3.05) is 27.3 Å². The number of benzene rings is 1. The van der Waals surface area contributed by atoms with Crippen molar-refractivity contribution in [3.05, 3.63) is 39.9 Å². The minimum atomic E-state index is -1.05. The van der Waals surface area contributed by atoms with Gasteiger partial charge in [0.2, 0.25) is 0 Å². The first kappa shape index (κ1) is 18.1. The van der Waals surface area contributed by atoms with Gasteiger partial charge in [0.1, 0.15) is 17.1 Å². The molecular weight excluding hydrogens is 351 g/mol. The maximum absolute atomic E-state index is 14.7. The lowest BCUT2D eigenvalue weighted by Gasteiger charge is -2.42. The fourth-order valence-electron chi connectivity index (χ4n) is 3.57. The largest absolute Gasteiger partial charge is 0.509 e. The number of carbonyl (C=O) groups is 1. The standard InChI is InChI=1S/C17H20ClFN2O4/c1-10-4-5-11(18)12(14(10)19)13-15(22)17(21(25-3)16(13)23)6-8-20(24-2)9-7-17/h4-5,22H,6-9H2,1-3H3. The number of hydroxylamine groups is 4. The molecule has 1 saturated heterocycles. The Kier molecular flexibility index (Phi) is 4.76. The van der Waals surface area contributed by atoms with E-state index in [0.717, 1.165) is 5.06 Å². The zero-order valence-electron chi connectivity index (χ0n) is 14.3. The summed E-state index contributed by atoms with van der Waals surface area (Å²) in [5.41, 5.74) is -0.932. The molecule has 0 aromatic heterocycles. The van der Waals surface area contributed by atoms with Crippen LogP contribution in [-0.2, 0) is 14.5 Å². The van der Waals surface area contributed by atoms with Gasteiger partial charge in [-0.25, -0.2) is 9.45 Å². The quantitative estimate of drug-likeness (QED) is 0.886. The molecule has 0 unspecified atom stereocenters. The fraction of sp³-hybridized carbons (Fsp3) is 0.471. The van der Waals surface area contributed by atoms with Crippen LogP contribution in [0, 0.1) is 12.7 Å². The number of aliphatic hydroxyl groups excluding tert-OH is 1. The maximum atomic E-state index is 14.7. The van der Waals surface area contributed by atoms with Gasteiger partial charge in [-0.15, -0.1) is 0 Å². The number of piperidine rings is 1. The summed E-state index contributed by atoms with van der Waals surface area (Å²) in [6, 6.07) is 3.04. The van der Waals surface area contributed by atoms with Crippen molar-refractivity contribution in [1.82, 2.24) is 10.1 Å². The second kappa shape index (κ2) is 6.57. The van der Waals surface area contributed by atoms with Crippen molar-refractivity contribution in [2.24, 2.45) is 0 Å². The lowest BCUT2D eigenvalue weighted by molar-refractivity contribution is -0.221. The molecule has 0 radical (unpaired) electrons. The van der Waals surface area contributed by atoms with Gasteiger partial charge in [0.25, 0.3) is 5.91 Å². The van der Waals surface area contributed by atoms with Gasteiger partial charge in [-0.05, 0) is 31.4 Å². The summed E-state index contributed by atoms with van der Waals surface area (Å²) in [4.78, 5) is 23.4. The zero-order chi connectivity index (χ0) is 18.4. The van der Waals surface area contributed by atoms with Gasteiger partial charge in [0.15, 0.2) is 0 Å². The average molecular weight is 371 g/mol. The number of hydrogen-bond acceptors (Lipinski definition) is 5. The first-order chi connectivity index (χ1) is 11.9. The highest BCUT2D eigenvalue weighted by molar-refractivity contribution is 6.35. The van der Waals surface area contributed by atoms with Crippen LogP contribution in [-0.4, -0.2) is 54.0 Å². The normalized spacial score (nSPS) is 20.8. The van der Waals surface area contributed by atoms with E-state index in [2.05, 4.69) is 0 Å². The third-order valence-electron chi connectivity index (χ3n) is 4.99. The molecule has 1 spiro atoms. The number of aryl methyl sites for hydroxylation is 1. The average Bonchev–Trinajstić information content (AvgIpc) is 2.80. The Balaban J connectivity index is 2.14. The number of halogens is 2.